The van der Waals surface area contributed by atoms with Crippen LogP contribution in [0.1, 0.15) is 11.1 Å². The Morgan fingerprint density at radius 2 is 1.58 bits per heavy atom. The molecule has 0 saturated heterocycles. The summed E-state index contributed by atoms with van der Waals surface area (Å²) in [7, 11) is 0. The Labute approximate surface area is 111 Å². The molecule has 3 aromatic rings. The highest BCUT2D eigenvalue weighted by Crippen LogP contribution is 2.31. The molecule has 0 amide bonds. The second kappa shape index (κ2) is 4.69. The van der Waals surface area contributed by atoms with Crippen LogP contribution in [0.25, 0.3) is 22.4 Å². The molecule has 0 fully saturated rings. The van der Waals surface area contributed by atoms with Gasteiger partial charge in [-0.25, -0.2) is 0 Å². The van der Waals surface area contributed by atoms with Gasteiger partial charge in [0.05, 0.1) is 0 Å². The van der Waals surface area contributed by atoms with Gasteiger partial charge in [0.25, 0.3) is 0 Å². The summed E-state index contributed by atoms with van der Waals surface area (Å²) in [5.74, 6) is 0. The van der Waals surface area contributed by atoms with E-state index in [-0.39, 0.29) is 0 Å². The Balaban J connectivity index is 2.15. The molecule has 94 valence electrons. The Hall–Kier alpha value is -2.42. The van der Waals surface area contributed by atoms with Crippen molar-refractivity contribution in [2.24, 2.45) is 0 Å². The number of pyridine rings is 1. The van der Waals surface area contributed by atoms with E-state index in [1.54, 1.807) is 18.7 Å². The minimum atomic E-state index is 0.873. The fourth-order valence-corrected chi connectivity index (χ4v) is 2.29. The Morgan fingerprint density at radius 1 is 0.895 bits per heavy atom. The van der Waals surface area contributed by atoms with Crippen LogP contribution in [0.15, 0.2) is 53.5 Å². The van der Waals surface area contributed by atoms with E-state index in [4.69, 9.17) is 4.52 Å². The fraction of sp³-hybridized carbons (Fsp3) is 0.125. The lowest BCUT2D eigenvalue weighted by atomic mass is 10.00. The zero-order valence-corrected chi connectivity index (χ0v) is 10.9. The van der Waals surface area contributed by atoms with Crippen LogP contribution in [0.2, 0.25) is 0 Å². The maximum atomic E-state index is 5.16. The molecule has 3 heteroatoms. The topological polar surface area (TPSA) is 38.9 Å². The van der Waals surface area contributed by atoms with Gasteiger partial charge in [-0.15, -0.1) is 0 Å². The molecular weight excluding hydrogens is 236 g/mol. The first kappa shape index (κ1) is 11.7. The zero-order valence-electron chi connectivity index (χ0n) is 10.9. The first-order valence-corrected chi connectivity index (χ1v) is 6.17. The van der Waals surface area contributed by atoms with E-state index in [2.05, 4.69) is 42.2 Å². The van der Waals surface area contributed by atoms with E-state index in [1.807, 2.05) is 12.1 Å². The van der Waals surface area contributed by atoms with E-state index >= 15 is 0 Å². The van der Waals surface area contributed by atoms with E-state index in [0.29, 0.717) is 0 Å². The van der Waals surface area contributed by atoms with Crippen LogP contribution in [-0.2, 0) is 0 Å². The summed E-state index contributed by atoms with van der Waals surface area (Å²) in [6.45, 7) is 4.17. The number of benzene rings is 1. The minimum absolute atomic E-state index is 0.873. The van der Waals surface area contributed by atoms with Crippen LogP contribution in [0.5, 0.6) is 0 Å². The van der Waals surface area contributed by atoms with Gasteiger partial charge in [0.15, 0.2) is 0 Å². The van der Waals surface area contributed by atoms with Gasteiger partial charge in [0, 0.05) is 23.5 Å². The largest absolute Gasteiger partial charge is 0.363 e. The molecule has 0 spiro atoms. The normalized spacial score (nSPS) is 10.6. The zero-order chi connectivity index (χ0) is 13.2. The smallest absolute Gasteiger partial charge is 0.132 e. The standard InChI is InChI=1S/C16H14N2O/c1-11-7-12(2)9-14(8-11)16-15(10-19-18-16)13-3-5-17-6-4-13/h3-10H,1-2H3. The average molecular weight is 250 g/mol. The van der Waals surface area contributed by atoms with Crippen LogP contribution >= 0.6 is 0 Å². The van der Waals surface area contributed by atoms with Crippen molar-refractivity contribution in [1.82, 2.24) is 10.1 Å². The lowest BCUT2D eigenvalue weighted by Crippen LogP contribution is -1.86. The summed E-state index contributed by atoms with van der Waals surface area (Å²) in [5.41, 5.74) is 6.45. The quantitative estimate of drug-likeness (QED) is 0.689. The predicted molar refractivity (Wildman–Crippen MR) is 74.6 cm³/mol. The van der Waals surface area contributed by atoms with Gasteiger partial charge < -0.3 is 4.52 Å². The van der Waals surface area contributed by atoms with Crippen LogP contribution in [-0.4, -0.2) is 10.1 Å². The molecule has 0 aliphatic rings. The number of aryl methyl sites for hydroxylation is 2. The molecule has 2 aromatic heterocycles. The van der Waals surface area contributed by atoms with Crippen molar-refractivity contribution in [2.75, 3.05) is 0 Å². The maximum Gasteiger partial charge on any atom is 0.132 e. The molecule has 0 saturated carbocycles. The van der Waals surface area contributed by atoms with E-state index in [1.165, 1.54) is 11.1 Å². The molecule has 0 radical (unpaired) electrons. The molecule has 2 heterocycles. The molecule has 0 N–H and O–H groups in total. The number of hydrogen-bond acceptors (Lipinski definition) is 3. The van der Waals surface area contributed by atoms with Crippen LogP contribution in [0.3, 0.4) is 0 Å². The first-order valence-electron chi connectivity index (χ1n) is 6.17. The monoisotopic (exact) mass is 250 g/mol. The van der Waals surface area contributed by atoms with E-state index in [9.17, 15) is 0 Å². The molecule has 19 heavy (non-hydrogen) atoms. The van der Waals surface area contributed by atoms with Crippen molar-refractivity contribution in [2.45, 2.75) is 13.8 Å². The van der Waals surface area contributed by atoms with Crippen molar-refractivity contribution >= 4 is 0 Å². The second-order valence-electron chi connectivity index (χ2n) is 4.69. The van der Waals surface area contributed by atoms with Gasteiger partial charge >= 0.3 is 0 Å². The Bertz CT molecular complexity index is 682. The van der Waals surface area contributed by atoms with Gasteiger partial charge in [0.1, 0.15) is 12.0 Å². The summed E-state index contributed by atoms with van der Waals surface area (Å²) >= 11 is 0. The molecule has 0 atom stereocenters. The van der Waals surface area contributed by atoms with Crippen molar-refractivity contribution < 1.29 is 4.52 Å². The second-order valence-corrected chi connectivity index (χ2v) is 4.69. The van der Waals surface area contributed by atoms with Crippen molar-refractivity contribution in [3.05, 3.63) is 60.1 Å². The number of rotatable bonds is 2. The molecule has 0 bridgehead atoms. The van der Waals surface area contributed by atoms with Gasteiger partial charge in [-0.05, 0) is 43.7 Å². The highest BCUT2D eigenvalue weighted by Gasteiger charge is 2.12. The molecule has 3 rings (SSSR count). The van der Waals surface area contributed by atoms with Crippen LogP contribution < -0.4 is 0 Å². The van der Waals surface area contributed by atoms with Gasteiger partial charge in [-0.3, -0.25) is 4.98 Å². The number of nitrogens with zero attached hydrogens (tertiary/aromatic N) is 2. The van der Waals surface area contributed by atoms with Crippen LogP contribution in [0, 0.1) is 13.8 Å². The number of hydrogen-bond donors (Lipinski definition) is 0. The lowest BCUT2D eigenvalue weighted by Gasteiger charge is -2.04. The lowest BCUT2D eigenvalue weighted by molar-refractivity contribution is 0.422. The summed E-state index contributed by atoms with van der Waals surface area (Å²) in [4.78, 5) is 4.03. The summed E-state index contributed by atoms with van der Waals surface area (Å²) < 4.78 is 5.16. The Kier molecular flexibility index (Phi) is 2.88. The van der Waals surface area contributed by atoms with Gasteiger partial charge in [-0.1, -0.05) is 22.3 Å². The van der Waals surface area contributed by atoms with Crippen molar-refractivity contribution in [3.8, 4) is 22.4 Å². The molecule has 0 aliphatic carbocycles. The van der Waals surface area contributed by atoms with E-state index in [0.717, 1.165) is 22.4 Å². The molecule has 3 nitrogen and oxygen atoms in total. The fourth-order valence-electron chi connectivity index (χ4n) is 2.29. The minimum Gasteiger partial charge on any atom is -0.363 e. The number of aromatic nitrogens is 2. The van der Waals surface area contributed by atoms with E-state index < -0.39 is 0 Å². The van der Waals surface area contributed by atoms with Crippen molar-refractivity contribution in [3.63, 3.8) is 0 Å². The maximum absolute atomic E-state index is 5.16. The summed E-state index contributed by atoms with van der Waals surface area (Å²) in [6.07, 6.45) is 5.23. The summed E-state index contributed by atoms with van der Waals surface area (Å²) in [6, 6.07) is 10.3. The third kappa shape index (κ3) is 2.27. The molecule has 1 aromatic carbocycles. The highest BCUT2D eigenvalue weighted by atomic mass is 16.5. The summed E-state index contributed by atoms with van der Waals surface area (Å²) in [5, 5.41) is 4.15. The average Bonchev–Trinajstić information content (AvgIpc) is 2.88. The first-order chi connectivity index (χ1) is 9.24. The Morgan fingerprint density at radius 3 is 2.26 bits per heavy atom. The third-order valence-corrected chi connectivity index (χ3v) is 3.06. The predicted octanol–water partition coefficient (Wildman–Crippen LogP) is 4.02. The van der Waals surface area contributed by atoms with Gasteiger partial charge in [0.2, 0.25) is 0 Å². The molecule has 0 aliphatic heterocycles. The van der Waals surface area contributed by atoms with Crippen LogP contribution in [0.4, 0.5) is 0 Å². The molecule has 0 unspecified atom stereocenters. The molecular formula is C16H14N2O. The van der Waals surface area contributed by atoms with Crippen molar-refractivity contribution in [1.29, 1.82) is 0 Å². The SMILES string of the molecule is Cc1cc(C)cc(-c2nocc2-c2ccncc2)c1. The third-order valence-electron chi connectivity index (χ3n) is 3.06. The van der Waals surface area contributed by atoms with Gasteiger partial charge in [-0.2, -0.15) is 0 Å². The highest BCUT2D eigenvalue weighted by molar-refractivity contribution is 5.80.